The Kier molecular flexibility index (Phi) is 3.38. The zero-order chi connectivity index (χ0) is 13.3. The molecule has 0 saturated heterocycles. The highest BCUT2D eigenvalue weighted by Gasteiger charge is 2.12. The van der Waals surface area contributed by atoms with E-state index in [0.717, 1.165) is 21.9 Å². The maximum Gasteiger partial charge on any atom is 0.399 e. The van der Waals surface area contributed by atoms with Crippen molar-refractivity contribution in [3.63, 3.8) is 0 Å². The van der Waals surface area contributed by atoms with E-state index < -0.39 is 5.97 Å². The Balaban J connectivity index is 2.25. The summed E-state index contributed by atoms with van der Waals surface area (Å²) in [5, 5.41) is 8.70. The Morgan fingerprint density at radius 2 is 2.00 bits per heavy atom. The van der Waals surface area contributed by atoms with Crippen LogP contribution in [-0.4, -0.2) is 16.1 Å². The summed E-state index contributed by atoms with van der Waals surface area (Å²) in [5.41, 5.74) is 1.83. The van der Waals surface area contributed by atoms with Crippen molar-refractivity contribution in [2.45, 2.75) is 13.8 Å². The number of halogens is 1. The van der Waals surface area contributed by atoms with Crippen LogP contribution in [0.4, 0.5) is 0 Å². The normalized spacial score (nSPS) is 10.4. The fraction of sp³-hybridized carbons (Fsp3) is 0.167. The first-order chi connectivity index (χ1) is 8.47. The monoisotopic (exact) mass is 311 g/mol. The molecular formula is C12H10BrNO4. The molecule has 0 unspecified atom stereocenters. The average Bonchev–Trinajstić information content (AvgIpc) is 2.74. The lowest BCUT2D eigenvalue weighted by molar-refractivity contribution is 0.0690. The molecule has 0 aliphatic heterocycles. The first-order valence-electron chi connectivity index (χ1n) is 5.11. The molecule has 0 aliphatic carbocycles. The summed E-state index contributed by atoms with van der Waals surface area (Å²) >= 11 is 3.45. The summed E-state index contributed by atoms with van der Waals surface area (Å²) in [7, 11) is 0. The number of nitrogens with zero attached hydrogens (tertiary/aromatic N) is 1. The van der Waals surface area contributed by atoms with E-state index in [0.29, 0.717) is 5.75 Å². The third-order valence-corrected chi connectivity index (χ3v) is 3.57. The second kappa shape index (κ2) is 4.81. The fourth-order valence-electron chi connectivity index (χ4n) is 1.47. The topological polar surface area (TPSA) is 72.6 Å². The molecule has 2 rings (SSSR count). The summed E-state index contributed by atoms with van der Waals surface area (Å²) in [6.07, 6.45) is 0.949. The van der Waals surface area contributed by atoms with Crippen molar-refractivity contribution in [3.05, 3.63) is 39.7 Å². The van der Waals surface area contributed by atoms with E-state index in [1.165, 1.54) is 0 Å². The number of ether oxygens (including phenoxy) is 1. The molecule has 0 saturated carbocycles. The molecule has 0 aliphatic rings. The Bertz CT molecular complexity index is 583. The van der Waals surface area contributed by atoms with E-state index in [-0.39, 0.29) is 11.8 Å². The minimum absolute atomic E-state index is 0.0893. The lowest BCUT2D eigenvalue weighted by Crippen LogP contribution is -1.96. The molecule has 0 atom stereocenters. The molecule has 94 valence electrons. The zero-order valence-electron chi connectivity index (χ0n) is 9.73. The molecular weight excluding hydrogens is 302 g/mol. The van der Waals surface area contributed by atoms with Crippen molar-refractivity contribution in [2.24, 2.45) is 0 Å². The minimum Gasteiger partial charge on any atom is -0.476 e. The number of oxazole rings is 1. The van der Waals surface area contributed by atoms with Gasteiger partial charge in [0.2, 0.25) is 0 Å². The molecule has 0 bridgehead atoms. The van der Waals surface area contributed by atoms with Gasteiger partial charge in [0.25, 0.3) is 0 Å². The Hall–Kier alpha value is -1.82. The van der Waals surface area contributed by atoms with E-state index in [1.54, 1.807) is 0 Å². The van der Waals surface area contributed by atoms with E-state index in [4.69, 9.17) is 14.3 Å². The summed E-state index contributed by atoms with van der Waals surface area (Å²) in [4.78, 5) is 14.3. The molecule has 1 N–H and O–H groups in total. The summed E-state index contributed by atoms with van der Waals surface area (Å²) in [5.74, 6) is -0.608. The van der Waals surface area contributed by atoms with Gasteiger partial charge in [-0.1, -0.05) is 15.9 Å². The Morgan fingerprint density at radius 3 is 2.50 bits per heavy atom. The molecule has 0 spiro atoms. The third kappa shape index (κ3) is 2.53. The van der Waals surface area contributed by atoms with Crippen LogP contribution in [0.1, 0.15) is 21.6 Å². The van der Waals surface area contributed by atoms with Gasteiger partial charge in [0.05, 0.1) is 0 Å². The fourth-order valence-corrected chi connectivity index (χ4v) is 1.70. The second-order valence-electron chi connectivity index (χ2n) is 3.78. The number of rotatable bonds is 3. The number of carboxylic acids is 1. The molecule has 6 heteroatoms. The van der Waals surface area contributed by atoms with Crippen molar-refractivity contribution in [3.8, 4) is 11.8 Å². The summed E-state index contributed by atoms with van der Waals surface area (Å²) < 4.78 is 11.3. The summed E-state index contributed by atoms with van der Waals surface area (Å²) in [6.45, 7) is 3.87. The van der Waals surface area contributed by atoms with Gasteiger partial charge in [0.15, 0.2) is 5.69 Å². The maximum atomic E-state index is 10.6. The van der Waals surface area contributed by atoms with Crippen LogP contribution < -0.4 is 4.74 Å². The van der Waals surface area contributed by atoms with Crippen LogP contribution in [0.5, 0.6) is 11.8 Å². The van der Waals surface area contributed by atoms with Gasteiger partial charge in [0.1, 0.15) is 12.0 Å². The second-order valence-corrected chi connectivity index (χ2v) is 4.57. The predicted octanol–water partition coefficient (Wildman–Crippen LogP) is 3.54. The molecule has 18 heavy (non-hydrogen) atoms. The molecule has 0 radical (unpaired) electrons. The highest BCUT2D eigenvalue weighted by atomic mass is 79.9. The van der Waals surface area contributed by atoms with Crippen LogP contribution in [-0.2, 0) is 0 Å². The standard InChI is InChI=1S/C12H10BrNO4/c1-6-3-8(4-7(2)10(6)13)18-12-14-9(5-17-12)11(15)16/h3-5H,1-2H3,(H,15,16). The molecule has 0 amide bonds. The number of aryl methyl sites for hydroxylation is 2. The smallest absolute Gasteiger partial charge is 0.399 e. The SMILES string of the molecule is Cc1cc(Oc2nc(C(=O)O)co2)cc(C)c1Br. The van der Waals surface area contributed by atoms with Crippen LogP contribution >= 0.6 is 15.9 Å². The number of benzene rings is 1. The number of carboxylic acid groups (broad SMARTS) is 1. The number of aromatic carboxylic acids is 1. The summed E-state index contributed by atoms with van der Waals surface area (Å²) in [6, 6.07) is 3.61. The van der Waals surface area contributed by atoms with Crippen LogP contribution in [0.2, 0.25) is 0 Å². The Labute approximate surface area is 112 Å². The third-order valence-electron chi connectivity index (χ3n) is 2.32. The van der Waals surface area contributed by atoms with Crippen molar-refractivity contribution >= 4 is 21.9 Å². The lowest BCUT2D eigenvalue weighted by Gasteiger charge is -2.06. The van der Waals surface area contributed by atoms with E-state index >= 15 is 0 Å². The maximum absolute atomic E-state index is 10.6. The van der Waals surface area contributed by atoms with Gasteiger partial charge in [-0.15, -0.1) is 0 Å². The highest BCUT2D eigenvalue weighted by Crippen LogP contribution is 2.29. The quantitative estimate of drug-likeness (QED) is 0.938. The molecule has 1 aromatic carbocycles. The van der Waals surface area contributed by atoms with Crippen molar-refractivity contribution in [1.29, 1.82) is 0 Å². The molecule has 1 heterocycles. The molecule has 1 aromatic heterocycles. The zero-order valence-corrected chi connectivity index (χ0v) is 11.3. The van der Waals surface area contributed by atoms with Crippen LogP contribution in [0.15, 0.2) is 27.3 Å². The van der Waals surface area contributed by atoms with Crippen molar-refractivity contribution in [2.75, 3.05) is 0 Å². The predicted molar refractivity (Wildman–Crippen MR) is 67.2 cm³/mol. The van der Waals surface area contributed by atoms with Gasteiger partial charge in [-0.05, 0) is 37.1 Å². The molecule has 5 nitrogen and oxygen atoms in total. The van der Waals surface area contributed by atoms with E-state index in [2.05, 4.69) is 20.9 Å². The first kappa shape index (κ1) is 12.6. The van der Waals surface area contributed by atoms with E-state index in [9.17, 15) is 4.79 Å². The number of aromatic nitrogens is 1. The van der Waals surface area contributed by atoms with Gasteiger partial charge in [0, 0.05) is 4.47 Å². The van der Waals surface area contributed by atoms with Gasteiger partial charge in [-0.3, -0.25) is 0 Å². The van der Waals surface area contributed by atoms with Gasteiger partial charge < -0.3 is 14.3 Å². The first-order valence-corrected chi connectivity index (χ1v) is 5.90. The number of hydrogen-bond donors (Lipinski definition) is 1. The van der Waals surface area contributed by atoms with Gasteiger partial charge >= 0.3 is 12.0 Å². The molecule has 2 aromatic rings. The van der Waals surface area contributed by atoms with Gasteiger partial charge in [-0.25, -0.2) is 4.79 Å². The van der Waals surface area contributed by atoms with E-state index in [1.807, 2.05) is 26.0 Å². The van der Waals surface area contributed by atoms with Crippen molar-refractivity contribution < 1.29 is 19.1 Å². The highest BCUT2D eigenvalue weighted by molar-refractivity contribution is 9.10. The van der Waals surface area contributed by atoms with Gasteiger partial charge in [-0.2, -0.15) is 4.98 Å². The number of hydrogen-bond acceptors (Lipinski definition) is 4. The largest absolute Gasteiger partial charge is 0.476 e. The van der Waals surface area contributed by atoms with Crippen LogP contribution in [0.3, 0.4) is 0 Å². The van der Waals surface area contributed by atoms with Crippen LogP contribution in [0.25, 0.3) is 0 Å². The average molecular weight is 312 g/mol. The van der Waals surface area contributed by atoms with Crippen molar-refractivity contribution in [1.82, 2.24) is 4.98 Å². The van der Waals surface area contributed by atoms with Crippen LogP contribution in [0, 0.1) is 13.8 Å². The lowest BCUT2D eigenvalue weighted by atomic mass is 10.1. The minimum atomic E-state index is -1.16. The Morgan fingerprint density at radius 1 is 1.39 bits per heavy atom. The molecule has 0 fully saturated rings. The number of carbonyl (C=O) groups is 1.